The van der Waals surface area contributed by atoms with Crippen LogP contribution in [0.2, 0.25) is 0 Å². The van der Waals surface area contributed by atoms with E-state index in [-0.39, 0.29) is 5.91 Å². The van der Waals surface area contributed by atoms with E-state index in [2.05, 4.69) is 16.9 Å². The number of rotatable bonds is 2. The molecular formula is C18H20N4OS. The van der Waals surface area contributed by atoms with E-state index < -0.39 is 0 Å². The van der Waals surface area contributed by atoms with Crippen LogP contribution in [0.25, 0.3) is 5.65 Å². The number of piperidine rings is 1. The quantitative estimate of drug-likeness (QED) is 0.718. The molecule has 0 radical (unpaired) electrons. The average molecular weight is 340 g/mol. The molecule has 5 nitrogen and oxygen atoms in total. The van der Waals surface area contributed by atoms with Crippen LogP contribution >= 0.6 is 11.3 Å². The molecule has 0 saturated carbocycles. The fourth-order valence-electron chi connectivity index (χ4n) is 3.29. The molecule has 124 valence electrons. The maximum absolute atomic E-state index is 12.9. The number of fused-ring (bicyclic) bond motifs is 1. The van der Waals surface area contributed by atoms with Gasteiger partial charge in [0.25, 0.3) is 5.91 Å². The Hall–Kier alpha value is -2.21. The van der Waals surface area contributed by atoms with Crippen molar-refractivity contribution in [2.45, 2.75) is 32.6 Å². The van der Waals surface area contributed by atoms with Crippen LogP contribution in [0.3, 0.4) is 0 Å². The predicted molar refractivity (Wildman–Crippen MR) is 94.7 cm³/mol. The van der Waals surface area contributed by atoms with Gasteiger partial charge in [0.05, 0.1) is 5.01 Å². The molecule has 1 aliphatic rings. The monoisotopic (exact) mass is 340 g/mol. The first-order chi connectivity index (χ1) is 11.6. The summed E-state index contributed by atoms with van der Waals surface area (Å²) in [6.45, 7) is 5.64. The van der Waals surface area contributed by atoms with Crippen LogP contribution in [0.5, 0.6) is 0 Å². The van der Waals surface area contributed by atoms with Crippen molar-refractivity contribution in [1.29, 1.82) is 0 Å². The number of aromatic nitrogens is 3. The molecule has 3 aromatic heterocycles. The first-order valence-electron chi connectivity index (χ1n) is 8.27. The van der Waals surface area contributed by atoms with Crippen molar-refractivity contribution < 1.29 is 4.79 Å². The van der Waals surface area contributed by atoms with E-state index in [1.165, 1.54) is 4.88 Å². The van der Waals surface area contributed by atoms with Crippen LogP contribution in [0.4, 0.5) is 0 Å². The summed E-state index contributed by atoms with van der Waals surface area (Å²) in [4.78, 5) is 25.0. The van der Waals surface area contributed by atoms with Crippen LogP contribution in [-0.4, -0.2) is 38.3 Å². The molecule has 1 atom stereocenters. The number of pyridine rings is 1. The summed E-state index contributed by atoms with van der Waals surface area (Å²) >= 11 is 1.74. The minimum atomic E-state index is 0.0225. The number of imidazole rings is 1. The van der Waals surface area contributed by atoms with Gasteiger partial charge in [0.1, 0.15) is 11.3 Å². The molecule has 1 saturated heterocycles. The number of thiazole rings is 1. The van der Waals surface area contributed by atoms with E-state index in [0.717, 1.165) is 42.1 Å². The lowest BCUT2D eigenvalue weighted by Crippen LogP contribution is -2.39. The number of hydrogen-bond acceptors (Lipinski definition) is 4. The summed E-state index contributed by atoms with van der Waals surface area (Å²) in [5.41, 5.74) is 2.49. The maximum Gasteiger partial charge on any atom is 0.274 e. The number of carbonyl (C=O) groups excluding carboxylic acids is 1. The topological polar surface area (TPSA) is 50.5 Å². The minimum absolute atomic E-state index is 0.0225. The smallest absolute Gasteiger partial charge is 0.274 e. The zero-order valence-electron chi connectivity index (χ0n) is 13.9. The fourth-order valence-corrected chi connectivity index (χ4v) is 4.19. The third kappa shape index (κ3) is 2.82. The van der Waals surface area contributed by atoms with E-state index in [1.807, 2.05) is 46.9 Å². The Bertz CT molecular complexity index is 897. The third-order valence-corrected chi connectivity index (χ3v) is 5.59. The van der Waals surface area contributed by atoms with E-state index in [1.54, 1.807) is 11.3 Å². The van der Waals surface area contributed by atoms with Crippen molar-refractivity contribution in [3.05, 3.63) is 51.9 Å². The molecule has 0 spiro atoms. The van der Waals surface area contributed by atoms with Crippen molar-refractivity contribution in [3.8, 4) is 0 Å². The molecular weight excluding hydrogens is 320 g/mol. The Morgan fingerprint density at radius 1 is 1.29 bits per heavy atom. The Balaban J connectivity index is 1.56. The second-order valence-corrected chi connectivity index (χ2v) is 7.76. The first-order valence-corrected chi connectivity index (χ1v) is 9.09. The Morgan fingerprint density at radius 3 is 2.96 bits per heavy atom. The molecule has 4 heterocycles. The molecule has 0 aliphatic carbocycles. The third-order valence-electron chi connectivity index (χ3n) is 4.52. The Morgan fingerprint density at radius 2 is 2.17 bits per heavy atom. The Labute approximate surface area is 145 Å². The first kappa shape index (κ1) is 15.3. The van der Waals surface area contributed by atoms with Gasteiger partial charge >= 0.3 is 0 Å². The van der Waals surface area contributed by atoms with Crippen molar-refractivity contribution >= 4 is 22.9 Å². The molecule has 0 unspecified atom stereocenters. The van der Waals surface area contributed by atoms with Crippen molar-refractivity contribution in [2.24, 2.45) is 0 Å². The largest absolute Gasteiger partial charge is 0.337 e. The number of hydrogen-bond donors (Lipinski definition) is 0. The number of amides is 1. The molecule has 0 N–H and O–H groups in total. The van der Waals surface area contributed by atoms with Crippen LogP contribution in [0.15, 0.2) is 30.7 Å². The van der Waals surface area contributed by atoms with Gasteiger partial charge in [-0.3, -0.25) is 4.79 Å². The van der Waals surface area contributed by atoms with Gasteiger partial charge in [-0.05, 0) is 38.3 Å². The Kier molecular flexibility index (Phi) is 3.84. The molecule has 24 heavy (non-hydrogen) atoms. The lowest BCUT2D eigenvalue weighted by molar-refractivity contribution is 0.0702. The second-order valence-electron chi connectivity index (χ2n) is 6.50. The van der Waals surface area contributed by atoms with Crippen molar-refractivity contribution in [1.82, 2.24) is 19.3 Å². The standard InChI is InChI=1S/C18H20N4OS/c1-12-5-6-16-20-15(11-22(16)9-12)18(23)21-7-3-4-14(10-21)17-19-8-13(2)24-17/h5-6,8-9,11,14H,3-4,7,10H2,1-2H3/t14-/m0/s1. The summed E-state index contributed by atoms with van der Waals surface area (Å²) < 4.78 is 1.92. The van der Waals surface area contributed by atoms with E-state index in [0.29, 0.717) is 11.6 Å². The molecule has 1 amide bonds. The summed E-state index contributed by atoms with van der Waals surface area (Å²) in [5, 5.41) is 1.15. The van der Waals surface area contributed by atoms with E-state index in [4.69, 9.17) is 0 Å². The van der Waals surface area contributed by atoms with Gasteiger partial charge in [0.2, 0.25) is 0 Å². The zero-order chi connectivity index (χ0) is 16.7. The van der Waals surface area contributed by atoms with Gasteiger partial charge in [0.15, 0.2) is 0 Å². The van der Waals surface area contributed by atoms with Gasteiger partial charge in [0, 0.05) is 42.5 Å². The molecule has 4 rings (SSSR count). The number of nitrogens with zero attached hydrogens (tertiary/aromatic N) is 4. The minimum Gasteiger partial charge on any atom is -0.337 e. The lowest BCUT2D eigenvalue weighted by Gasteiger charge is -2.31. The highest BCUT2D eigenvalue weighted by Gasteiger charge is 2.28. The molecule has 3 aromatic rings. The number of aryl methyl sites for hydroxylation is 2. The van der Waals surface area contributed by atoms with Gasteiger partial charge in [-0.1, -0.05) is 6.07 Å². The summed E-state index contributed by atoms with van der Waals surface area (Å²) in [6.07, 6.45) is 7.87. The van der Waals surface area contributed by atoms with Gasteiger partial charge in [-0.15, -0.1) is 11.3 Å². The number of carbonyl (C=O) groups is 1. The average Bonchev–Trinajstić information content (AvgIpc) is 3.20. The summed E-state index contributed by atoms with van der Waals surface area (Å²) in [6, 6.07) is 3.96. The highest BCUT2D eigenvalue weighted by Crippen LogP contribution is 2.30. The zero-order valence-corrected chi connectivity index (χ0v) is 14.7. The normalized spacial score (nSPS) is 18.2. The van der Waals surface area contributed by atoms with Crippen LogP contribution in [0.1, 0.15) is 44.7 Å². The molecule has 1 fully saturated rings. The molecule has 6 heteroatoms. The maximum atomic E-state index is 12.9. The predicted octanol–water partition coefficient (Wildman–Crippen LogP) is 3.43. The van der Waals surface area contributed by atoms with Crippen molar-refractivity contribution in [2.75, 3.05) is 13.1 Å². The van der Waals surface area contributed by atoms with Crippen LogP contribution in [-0.2, 0) is 0 Å². The van der Waals surface area contributed by atoms with E-state index >= 15 is 0 Å². The summed E-state index contributed by atoms with van der Waals surface area (Å²) in [7, 11) is 0. The van der Waals surface area contributed by atoms with Crippen LogP contribution in [0, 0.1) is 13.8 Å². The van der Waals surface area contributed by atoms with E-state index in [9.17, 15) is 4.79 Å². The van der Waals surface area contributed by atoms with Gasteiger partial charge < -0.3 is 9.30 Å². The number of likely N-dealkylation sites (tertiary alicyclic amines) is 1. The molecule has 0 aromatic carbocycles. The second kappa shape index (κ2) is 6.02. The van der Waals surface area contributed by atoms with Crippen LogP contribution < -0.4 is 0 Å². The molecule has 0 bridgehead atoms. The van der Waals surface area contributed by atoms with Crippen molar-refractivity contribution in [3.63, 3.8) is 0 Å². The molecule has 1 aliphatic heterocycles. The van der Waals surface area contributed by atoms with Gasteiger partial charge in [-0.2, -0.15) is 0 Å². The highest BCUT2D eigenvalue weighted by molar-refractivity contribution is 7.11. The summed E-state index contributed by atoms with van der Waals surface area (Å²) in [5.74, 6) is 0.370. The lowest BCUT2D eigenvalue weighted by atomic mass is 9.98. The highest BCUT2D eigenvalue weighted by atomic mass is 32.1. The SMILES string of the molecule is Cc1ccc2nc(C(=O)N3CCC[C@H](c4ncc(C)s4)C3)cn2c1. The van der Waals surface area contributed by atoms with Gasteiger partial charge in [-0.25, -0.2) is 9.97 Å². The fraction of sp³-hybridized carbons (Fsp3) is 0.389.